The lowest BCUT2D eigenvalue weighted by molar-refractivity contribution is 0.120. The minimum absolute atomic E-state index is 0.111. The van der Waals surface area contributed by atoms with Crippen LogP contribution in [0.4, 0.5) is 0 Å². The first-order chi connectivity index (χ1) is 6.47. The summed E-state index contributed by atoms with van der Waals surface area (Å²) >= 11 is 0. The molecular weight excluding hydrogens is 190 g/mol. The highest BCUT2D eigenvalue weighted by atomic mass is 28.4. The fourth-order valence-corrected chi connectivity index (χ4v) is 3.57. The summed E-state index contributed by atoms with van der Waals surface area (Å²) in [5.74, 6) is 0. The van der Waals surface area contributed by atoms with Gasteiger partial charge < -0.3 is 4.43 Å². The summed E-state index contributed by atoms with van der Waals surface area (Å²) in [6.07, 6.45) is 8.15. The van der Waals surface area contributed by atoms with Gasteiger partial charge in [0.15, 0.2) is 8.32 Å². The van der Waals surface area contributed by atoms with E-state index in [4.69, 9.17) is 9.69 Å². The molecule has 0 radical (unpaired) electrons. The van der Waals surface area contributed by atoms with Gasteiger partial charge in [0.1, 0.15) is 0 Å². The maximum Gasteiger partial charge on any atom is 0.184 e. The summed E-state index contributed by atoms with van der Waals surface area (Å²) in [4.78, 5) is 0. The van der Waals surface area contributed by atoms with Gasteiger partial charge in [0.2, 0.25) is 0 Å². The van der Waals surface area contributed by atoms with Gasteiger partial charge in [-0.15, -0.1) is 0 Å². The molecule has 0 aromatic carbocycles. The van der Waals surface area contributed by atoms with Crippen molar-refractivity contribution in [2.45, 2.75) is 50.9 Å². The molecule has 0 bridgehead atoms. The van der Waals surface area contributed by atoms with Gasteiger partial charge >= 0.3 is 0 Å². The Morgan fingerprint density at radius 3 is 2.29 bits per heavy atom. The van der Waals surface area contributed by atoms with Gasteiger partial charge in [-0.05, 0) is 38.6 Å². The molecule has 78 valence electrons. The van der Waals surface area contributed by atoms with E-state index in [1.165, 1.54) is 12.8 Å². The number of hydrogen-bond acceptors (Lipinski definition) is 2. The van der Waals surface area contributed by atoms with Crippen molar-refractivity contribution < 1.29 is 4.43 Å². The summed E-state index contributed by atoms with van der Waals surface area (Å²) in [6, 6.07) is 2.06. The van der Waals surface area contributed by atoms with Crippen LogP contribution < -0.4 is 0 Å². The van der Waals surface area contributed by atoms with Crippen LogP contribution in [-0.4, -0.2) is 13.9 Å². The van der Waals surface area contributed by atoms with Gasteiger partial charge in [0.25, 0.3) is 0 Å². The maximum atomic E-state index is 8.56. The minimum Gasteiger partial charge on any atom is -0.409 e. The van der Waals surface area contributed by atoms with Crippen molar-refractivity contribution in [2.75, 3.05) is 0 Å². The van der Waals surface area contributed by atoms with E-state index in [9.17, 15) is 0 Å². The Bertz CT molecular complexity index is 253. The molecule has 0 heterocycles. The van der Waals surface area contributed by atoms with Crippen LogP contribution in [0.1, 0.15) is 25.7 Å². The van der Waals surface area contributed by atoms with Crippen LogP contribution in [0.2, 0.25) is 19.6 Å². The van der Waals surface area contributed by atoms with Gasteiger partial charge in [-0.2, -0.15) is 5.26 Å². The highest BCUT2D eigenvalue weighted by Gasteiger charge is 2.36. The van der Waals surface area contributed by atoms with Gasteiger partial charge in [-0.25, -0.2) is 0 Å². The smallest absolute Gasteiger partial charge is 0.184 e. The summed E-state index contributed by atoms with van der Waals surface area (Å²) < 4.78 is 6.19. The maximum absolute atomic E-state index is 8.56. The topological polar surface area (TPSA) is 33.0 Å². The summed E-state index contributed by atoms with van der Waals surface area (Å²) in [7, 11) is -1.51. The van der Waals surface area contributed by atoms with E-state index >= 15 is 0 Å². The zero-order chi connectivity index (χ0) is 10.7. The quantitative estimate of drug-likeness (QED) is 0.528. The molecule has 0 amide bonds. The molecular formula is C11H19NOSi. The zero-order valence-electron chi connectivity index (χ0n) is 9.34. The Morgan fingerprint density at radius 1 is 1.29 bits per heavy atom. The molecule has 0 saturated heterocycles. The van der Waals surface area contributed by atoms with E-state index in [1.807, 2.05) is 6.08 Å². The van der Waals surface area contributed by atoms with Crippen LogP contribution in [0, 0.1) is 11.3 Å². The first kappa shape index (κ1) is 11.5. The summed E-state index contributed by atoms with van der Waals surface area (Å²) in [6.45, 7) is 6.61. The molecule has 3 heteroatoms. The molecule has 2 nitrogen and oxygen atoms in total. The predicted molar refractivity (Wildman–Crippen MR) is 60.4 cm³/mol. The molecule has 0 N–H and O–H groups in total. The molecule has 1 aliphatic carbocycles. The molecule has 14 heavy (non-hydrogen) atoms. The van der Waals surface area contributed by atoms with Crippen molar-refractivity contribution in [3.8, 4) is 6.07 Å². The average Bonchev–Trinajstić information content (AvgIpc) is 2.47. The number of allylic oxidation sites excluding steroid dienone is 1. The molecule has 0 aliphatic heterocycles. The van der Waals surface area contributed by atoms with Crippen LogP contribution in [0.5, 0.6) is 0 Å². The van der Waals surface area contributed by atoms with E-state index < -0.39 is 8.32 Å². The van der Waals surface area contributed by atoms with Crippen LogP contribution in [0.15, 0.2) is 12.2 Å². The lowest BCUT2D eigenvalue weighted by atomic mass is 10.0. The second kappa shape index (κ2) is 4.29. The predicted octanol–water partition coefficient (Wildman–Crippen LogP) is 3.23. The van der Waals surface area contributed by atoms with E-state index in [-0.39, 0.29) is 5.60 Å². The van der Waals surface area contributed by atoms with Crippen molar-refractivity contribution in [1.82, 2.24) is 0 Å². The molecule has 1 fully saturated rings. The Kier molecular flexibility index (Phi) is 3.52. The summed E-state index contributed by atoms with van der Waals surface area (Å²) in [5, 5.41) is 8.56. The standard InChI is InChI=1S/C11H19NOSi/c1-14(2,3)13-11(9-6-10-12)7-4-5-8-11/h6,9H,4-5,7-8H2,1-3H3. The number of rotatable bonds is 3. The van der Waals surface area contributed by atoms with Gasteiger partial charge in [0, 0.05) is 6.08 Å². The Hall–Kier alpha value is -0.593. The molecule has 0 aromatic heterocycles. The van der Waals surface area contributed by atoms with Crippen molar-refractivity contribution in [3.05, 3.63) is 12.2 Å². The van der Waals surface area contributed by atoms with Crippen molar-refractivity contribution >= 4 is 8.32 Å². The minimum atomic E-state index is -1.51. The Morgan fingerprint density at radius 2 is 1.86 bits per heavy atom. The van der Waals surface area contributed by atoms with Crippen LogP contribution >= 0.6 is 0 Å². The third-order valence-corrected chi connectivity index (χ3v) is 3.44. The van der Waals surface area contributed by atoms with E-state index in [2.05, 4.69) is 25.7 Å². The molecule has 0 spiro atoms. The molecule has 0 unspecified atom stereocenters. The Labute approximate surface area is 87.7 Å². The highest BCUT2D eigenvalue weighted by molar-refractivity contribution is 6.69. The third-order valence-electron chi connectivity index (χ3n) is 2.42. The number of nitriles is 1. The fourth-order valence-electron chi connectivity index (χ4n) is 2.08. The molecule has 0 atom stereocenters. The van der Waals surface area contributed by atoms with E-state index in [0.717, 1.165) is 12.8 Å². The molecule has 1 saturated carbocycles. The first-order valence-corrected chi connectivity index (χ1v) is 8.66. The van der Waals surface area contributed by atoms with Crippen molar-refractivity contribution in [3.63, 3.8) is 0 Å². The highest BCUT2D eigenvalue weighted by Crippen LogP contribution is 2.36. The monoisotopic (exact) mass is 209 g/mol. The van der Waals surface area contributed by atoms with Gasteiger partial charge in [-0.1, -0.05) is 12.8 Å². The second-order valence-electron chi connectivity index (χ2n) is 4.95. The van der Waals surface area contributed by atoms with E-state index in [0.29, 0.717) is 0 Å². The first-order valence-electron chi connectivity index (χ1n) is 5.25. The van der Waals surface area contributed by atoms with Crippen LogP contribution in [-0.2, 0) is 4.43 Å². The summed E-state index contributed by atoms with van der Waals surface area (Å²) in [5.41, 5.74) is -0.111. The van der Waals surface area contributed by atoms with Crippen LogP contribution in [0.3, 0.4) is 0 Å². The van der Waals surface area contributed by atoms with Crippen LogP contribution in [0.25, 0.3) is 0 Å². The molecule has 1 aliphatic rings. The lowest BCUT2D eigenvalue weighted by Crippen LogP contribution is -2.39. The fraction of sp³-hybridized carbons (Fsp3) is 0.727. The second-order valence-corrected chi connectivity index (χ2v) is 9.38. The molecule has 1 rings (SSSR count). The van der Waals surface area contributed by atoms with Gasteiger partial charge in [0.05, 0.1) is 11.7 Å². The largest absolute Gasteiger partial charge is 0.409 e. The number of nitrogens with zero attached hydrogens (tertiary/aromatic N) is 1. The van der Waals surface area contributed by atoms with E-state index in [1.54, 1.807) is 6.08 Å². The van der Waals surface area contributed by atoms with Gasteiger partial charge in [-0.3, -0.25) is 0 Å². The molecule has 0 aromatic rings. The third kappa shape index (κ3) is 3.28. The number of hydrogen-bond donors (Lipinski definition) is 0. The van der Waals surface area contributed by atoms with Crippen molar-refractivity contribution in [1.29, 1.82) is 5.26 Å². The SMILES string of the molecule is C[Si](C)(C)OC1(C=CC#N)CCCC1. The zero-order valence-corrected chi connectivity index (χ0v) is 10.3. The Balaban J connectivity index is 2.73. The average molecular weight is 209 g/mol. The lowest BCUT2D eigenvalue weighted by Gasteiger charge is -2.33. The normalized spacial score (nSPS) is 21.3. The van der Waals surface area contributed by atoms with Crippen molar-refractivity contribution in [2.24, 2.45) is 0 Å².